The Morgan fingerprint density at radius 3 is 2.59 bits per heavy atom. The molecule has 37 heavy (non-hydrogen) atoms. The molecule has 12 heteroatoms. The monoisotopic (exact) mass is 531 g/mol. The van der Waals surface area contributed by atoms with Crippen LogP contribution < -0.4 is 5.32 Å². The second-order valence-corrected chi connectivity index (χ2v) is 9.17. The van der Waals surface area contributed by atoms with Gasteiger partial charge in [0, 0.05) is 46.4 Å². The Hall–Kier alpha value is -3.48. The summed E-state index contributed by atoms with van der Waals surface area (Å²) in [7, 11) is 0. The number of alkyl halides is 3. The molecule has 1 unspecified atom stereocenters. The van der Waals surface area contributed by atoms with Crippen LogP contribution >= 0.6 is 0 Å². The van der Waals surface area contributed by atoms with Crippen molar-refractivity contribution in [3.8, 4) is 11.3 Å². The Labute approximate surface area is 212 Å². The zero-order chi connectivity index (χ0) is 26.4. The molecule has 0 spiro atoms. The van der Waals surface area contributed by atoms with Gasteiger partial charge in [0.25, 0.3) is 0 Å². The minimum atomic E-state index is -4.36. The van der Waals surface area contributed by atoms with E-state index in [4.69, 9.17) is 4.42 Å². The quantitative estimate of drug-likeness (QED) is 0.362. The molecule has 1 fully saturated rings. The Morgan fingerprint density at radius 1 is 1.16 bits per heavy atom. The summed E-state index contributed by atoms with van der Waals surface area (Å²) in [5, 5.41) is 3.86. The maximum absolute atomic E-state index is 12.6. The minimum absolute atomic E-state index is 0.0574. The molecule has 1 N–H and O–H groups in total. The van der Waals surface area contributed by atoms with E-state index in [1.165, 1.54) is 30.7 Å². The molecule has 2 atom stereocenters. The van der Waals surface area contributed by atoms with Gasteiger partial charge in [-0.2, -0.15) is 13.2 Å². The molecular weight excluding hydrogens is 509 g/mol. The number of aromatic nitrogens is 3. The lowest BCUT2D eigenvalue weighted by molar-refractivity contribution is -0.137. The van der Waals surface area contributed by atoms with Crippen LogP contribution in [0.5, 0.6) is 0 Å². The average Bonchev–Trinajstić information content (AvgIpc) is 3.58. The molecule has 8 nitrogen and oxygen atoms in total. The van der Waals surface area contributed by atoms with E-state index in [0.29, 0.717) is 35.4 Å². The number of carbonyl (C=O) groups is 1. The summed E-state index contributed by atoms with van der Waals surface area (Å²) in [6.45, 7) is 0.877. The Kier molecular flexibility index (Phi) is 8.41. The van der Waals surface area contributed by atoms with Crippen molar-refractivity contribution in [1.29, 1.82) is 0 Å². The van der Waals surface area contributed by atoms with E-state index in [1.807, 2.05) is 0 Å². The Morgan fingerprint density at radius 2 is 1.95 bits per heavy atom. The fourth-order valence-electron chi connectivity index (χ4n) is 3.85. The number of rotatable bonds is 6. The fraction of sp³-hybridized carbons (Fsp3) is 0.280. The second-order valence-electron chi connectivity index (χ2n) is 8.30. The number of benzene rings is 1. The number of Topliss-reactive ketones (excluding diaryl/α,β-unsaturated/α-hetero) is 1. The Balaban J connectivity index is 0.000000222. The Bertz CT molecular complexity index is 1350. The van der Waals surface area contributed by atoms with Gasteiger partial charge in [0.2, 0.25) is 0 Å². The highest BCUT2D eigenvalue weighted by Crippen LogP contribution is 2.30. The summed E-state index contributed by atoms with van der Waals surface area (Å²) in [6, 6.07) is 9.66. The van der Waals surface area contributed by atoms with Gasteiger partial charge in [0.1, 0.15) is 12.1 Å². The first kappa shape index (κ1) is 26.6. The highest BCUT2D eigenvalue weighted by Gasteiger charge is 2.30. The van der Waals surface area contributed by atoms with Crippen LogP contribution in [-0.2, 0) is 28.5 Å². The smallest absolute Gasteiger partial charge is 0.416 e. The highest BCUT2D eigenvalue weighted by molar-refractivity contribution is 7.79. The van der Waals surface area contributed by atoms with Crippen molar-refractivity contribution >= 4 is 27.8 Å². The molecule has 5 rings (SSSR count). The number of nitrogens with one attached hydrogen (secondary N) is 1. The average molecular weight is 532 g/mol. The number of carbonyl (C=O) groups excluding carboxylic acids is 1. The largest absolute Gasteiger partial charge is 0.766 e. The van der Waals surface area contributed by atoms with E-state index in [2.05, 4.69) is 20.3 Å². The number of hydrogen-bond acceptors (Lipinski definition) is 8. The first-order valence-electron chi connectivity index (χ1n) is 11.4. The normalized spacial score (nSPS) is 16.3. The van der Waals surface area contributed by atoms with Gasteiger partial charge < -0.3 is 14.3 Å². The van der Waals surface area contributed by atoms with Crippen LogP contribution in [0, 0.1) is 0 Å². The van der Waals surface area contributed by atoms with Crippen molar-refractivity contribution < 1.29 is 31.1 Å². The third kappa shape index (κ3) is 7.06. The van der Waals surface area contributed by atoms with E-state index in [0.717, 1.165) is 36.9 Å². The molecule has 0 saturated carbocycles. The fourth-order valence-corrected chi connectivity index (χ4v) is 4.23. The summed E-state index contributed by atoms with van der Waals surface area (Å²) >= 11 is -2.31. The van der Waals surface area contributed by atoms with Crippen LogP contribution in [0.3, 0.4) is 0 Å². The maximum atomic E-state index is 12.6. The van der Waals surface area contributed by atoms with Gasteiger partial charge in [-0.15, -0.1) is 0 Å². The van der Waals surface area contributed by atoms with E-state index in [9.17, 15) is 26.7 Å². The molecule has 194 valence electrons. The molecule has 3 aromatic heterocycles. The number of ketones is 1. The van der Waals surface area contributed by atoms with Crippen LogP contribution in [0.4, 0.5) is 13.2 Å². The van der Waals surface area contributed by atoms with E-state index >= 15 is 0 Å². The summed E-state index contributed by atoms with van der Waals surface area (Å²) in [4.78, 5) is 24.2. The standard InChI is InChI=1S/C18H18F3N3O.C7H5NO3S/c19-18(20,21)13-5-3-12(4-6-13)16-10-14(23-11-24-16)7-8-17(25)15-2-1-9-22-15;9-12(10)7-3-5-1-2-8-4-6(5)11-7/h3-6,10-11,15,22H,1-2,7-9H2;1-4H,(H,9,10)/p-1/t15-;/m0./s1. The summed E-state index contributed by atoms with van der Waals surface area (Å²) in [5.74, 6) is 0.173. The molecular formula is C25H22F3N4O4S-. The van der Waals surface area contributed by atoms with Crippen LogP contribution in [-0.4, -0.2) is 42.1 Å². The molecule has 4 heterocycles. The zero-order valence-electron chi connectivity index (χ0n) is 19.4. The molecule has 0 amide bonds. The molecule has 4 aromatic rings. The van der Waals surface area contributed by atoms with Crippen LogP contribution in [0.1, 0.15) is 30.5 Å². The van der Waals surface area contributed by atoms with Gasteiger partial charge in [-0.1, -0.05) is 12.1 Å². The molecule has 0 aliphatic carbocycles. The van der Waals surface area contributed by atoms with Crippen LogP contribution in [0.15, 0.2) is 70.7 Å². The molecule has 0 radical (unpaired) electrons. The number of nitrogens with zero attached hydrogens (tertiary/aromatic N) is 3. The first-order chi connectivity index (χ1) is 17.7. The molecule has 1 aromatic carbocycles. The molecule has 1 aliphatic heterocycles. The number of halogens is 3. The van der Waals surface area contributed by atoms with Crippen molar-refractivity contribution in [2.24, 2.45) is 0 Å². The van der Waals surface area contributed by atoms with Crippen molar-refractivity contribution in [1.82, 2.24) is 20.3 Å². The lowest BCUT2D eigenvalue weighted by Gasteiger charge is -2.09. The lowest BCUT2D eigenvalue weighted by atomic mass is 10.0. The topological polar surface area (TPSA) is 121 Å². The predicted octanol–water partition coefficient (Wildman–Crippen LogP) is 4.48. The van der Waals surface area contributed by atoms with Gasteiger partial charge in [-0.05, 0) is 50.1 Å². The number of fused-ring (bicyclic) bond motifs is 1. The van der Waals surface area contributed by atoms with Crippen LogP contribution in [0.25, 0.3) is 22.2 Å². The first-order valence-corrected chi connectivity index (χ1v) is 12.5. The molecule has 1 saturated heterocycles. The summed E-state index contributed by atoms with van der Waals surface area (Å²) in [6.07, 6.45) is 2.85. The number of furan rings is 1. The molecule has 0 bridgehead atoms. The van der Waals surface area contributed by atoms with Gasteiger partial charge >= 0.3 is 6.18 Å². The zero-order valence-corrected chi connectivity index (χ0v) is 20.2. The van der Waals surface area contributed by atoms with Crippen molar-refractivity contribution in [3.05, 3.63) is 72.4 Å². The van der Waals surface area contributed by atoms with Crippen molar-refractivity contribution in [2.45, 2.75) is 43.0 Å². The van der Waals surface area contributed by atoms with Crippen molar-refractivity contribution in [2.75, 3.05) is 6.54 Å². The van der Waals surface area contributed by atoms with E-state index in [1.54, 1.807) is 18.3 Å². The highest BCUT2D eigenvalue weighted by atomic mass is 32.2. The second kappa shape index (κ2) is 11.7. The maximum Gasteiger partial charge on any atom is 0.416 e. The van der Waals surface area contributed by atoms with Crippen LogP contribution in [0.2, 0.25) is 0 Å². The van der Waals surface area contributed by atoms with Gasteiger partial charge in [-0.3, -0.25) is 14.0 Å². The van der Waals surface area contributed by atoms with Crippen molar-refractivity contribution in [3.63, 3.8) is 0 Å². The minimum Gasteiger partial charge on any atom is -0.766 e. The SMILES string of the molecule is O=C(CCc1cc(-c2ccc(C(F)(F)F)cc2)ncn1)[C@@H]1CCCN1.O=S([O-])c1cc2ccncc2o1. The third-order valence-electron chi connectivity index (χ3n) is 5.77. The lowest BCUT2D eigenvalue weighted by Crippen LogP contribution is -2.30. The van der Waals surface area contributed by atoms with Gasteiger partial charge in [0.05, 0.1) is 23.5 Å². The summed E-state index contributed by atoms with van der Waals surface area (Å²) in [5.41, 5.74) is 1.62. The third-order valence-corrected chi connectivity index (χ3v) is 6.30. The van der Waals surface area contributed by atoms with Gasteiger partial charge in [0.15, 0.2) is 10.7 Å². The molecule has 1 aliphatic rings. The number of pyridine rings is 1. The van der Waals surface area contributed by atoms with E-state index < -0.39 is 22.8 Å². The summed E-state index contributed by atoms with van der Waals surface area (Å²) < 4.78 is 63.7. The number of hydrogen-bond donors (Lipinski definition) is 1. The van der Waals surface area contributed by atoms with E-state index in [-0.39, 0.29) is 16.9 Å². The number of aryl methyl sites for hydroxylation is 1. The predicted molar refractivity (Wildman–Crippen MR) is 128 cm³/mol. The van der Waals surface area contributed by atoms with Gasteiger partial charge in [-0.25, -0.2) is 9.97 Å².